The first kappa shape index (κ1) is 21.8. The number of allylic oxidation sites excluding steroid dienone is 1. The Morgan fingerprint density at radius 2 is 1.66 bits per heavy atom. The molecular weight excluding hydrogens is 395 g/mol. The van der Waals surface area contributed by atoms with Gasteiger partial charge in [-0.15, -0.1) is 0 Å². The van der Waals surface area contributed by atoms with Gasteiger partial charge in [0.05, 0.1) is 17.7 Å². The first-order chi connectivity index (χ1) is 13.6. The van der Waals surface area contributed by atoms with Gasteiger partial charge in [-0.1, -0.05) is 62.1 Å². The first-order valence-corrected chi connectivity index (χ1v) is 10.1. The molecule has 0 radical (unpaired) electrons. The minimum Gasteiger partial charge on any atom is -0.545 e. The van der Waals surface area contributed by atoms with Crippen LogP contribution >= 0.6 is 11.7 Å². The number of carbonyl (C=O) groups is 2. The average Bonchev–Trinajstić information content (AvgIpc) is 3.38. The van der Waals surface area contributed by atoms with Gasteiger partial charge in [-0.25, -0.2) is 0 Å². The Bertz CT molecular complexity index is 1060. The van der Waals surface area contributed by atoms with Gasteiger partial charge in [0.2, 0.25) is 0 Å². The second-order valence-electron chi connectivity index (χ2n) is 7.16. The Morgan fingerprint density at radius 3 is 2.34 bits per heavy atom. The fraction of sp³-hybridized carbons (Fsp3) is 0.273. The van der Waals surface area contributed by atoms with Crippen molar-refractivity contribution in [2.45, 2.75) is 32.1 Å². The van der Waals surface area contributed by atoms with Crippen LogP contribution in [0.15, 0.2) is 54.1 Å². The summed E-state index contributed by atoms with van der Waals surface area (Å²) in [6.07, 6.45) is 4.72. The molecule has 4 rings (SSSR count). The molecule has 2 aromatic carbocycles. The number of ketones is 1. The normalized spacial score (nSPS) is 15.0. The van der Waals surface area contributed by atoms with E-state index in [2.05, 4.69) is 8.75 Å². The molecule has 7 heteroatoms. The number of aromatic nitrogens is 2. The number of nitrogens with zero attached hydrogens (tertiary/aromatic N) is 2. The monoisotopic (exact) mass is 414 g/mol. The number of Topliss-reactive ketones (excluding diaryl/α,β-unsaturated/α-hetero) is 1. The summed E-state index contributed by atoms with van der Waals surface area (Å²) < 4.78 is 8.36. The number of hydrogen-bond donors (Lipinski definition) is 0. The molecule has 29 heavy (non-hydrogen) atoms. The number of carboxylic acids is 1. The van der Waals surface area contributed by atoms with Gasteiger partial charge in [-0.05, 0) is 30.0 Å². The summed E-state index contributed by atoms with van der Waals surface area (Å²) >= 11 is 1.07. The van der Waals surface area contributed by atoms with Crippen LogP contribution in [0.25, 0.3) is 16.6 Å². The van der Waals surface area contributed by atoms with Crippen molar-refractivity contribution in [1.29, 1.82) is 0 Å². The standard InChI is InChI=1S/C22H20N2O3S.Na/c25-21(15-8-2-1-3-9-15)17(12-14-6-4-5-7-14)20(22(26)27)16-10-11-18-19(13-16)24-28-23-18;/h1-3,8-11,13-14H,4-7,12H2,(H,26,27);/q;+1/p-1/b20-17+;. The van der Waals surface area contributed by atoms with Crippen molar-refractivity contribution < 1.29 is 44.3 Å². The van der Waals surface area contributed by atoms with Gasteiger partial charge >= 0.3 is 29.6 Å². The van der Waals surface area contributed by atoms with E-state index in [0.29, 0.717) is 40.1 Å². The Morgan fingerprint density at radius 1 is 0.966 bits per heavy atom. The molecule has 1 aliphatic rings. The summed E-state index contributed by atoms with van der Waals surface area (Å²) in [5.41, 5.74) is 2.55. The molecule has 3 aromatic rings. The van der Waals surface area contributed by atoms with Crippen LogP contribution in [-0.4, -0.2) is 20.5 Å². The number of fused-ring (bicyclic) bond motifs is 1. The molecule has 0 spiro atoms. The van der Waals surface area contributed by atoms with Gasteiger partial charge in [0, 0.05) is 16.7 Å². The molecule has 0 atom stereocenters. The summed E-state index contributed by atoms with van der Waals surface area (Å²) in [4.78, 5) is 25.5. The summed E-state index contributed by atoms with van der Waals surface area (Å²) in [6, 6.07) is 13.9. The number of benzene rings is 2. The predicted molar refractivity (Wildman–Crippen MR) is 107 cm³/mol. The second-order valence-corrected chi connectivity index (χ2v) is 7.69. The van der Waals surface area contributed by atoms with Crippen LogP contribution in [0.1, 0.15) is 48.0 Å². The van der Waals surface area contributed by atoms with Gasteiger partial charge in [0.15, 0.2) is 5.78 Å². The first-order valence-electron chi connectivity index (χ1n) is 9.40. The summed E-state index contributed by atoms with van der Waals surface area (Å²) in [5.74, 6) is -1.26. The molecule has 142 valence electrons. The van der Waals surface area contributed by atoms with Crippen LogP contribution < -0.4 is 34.7 Å². The van der Waals surface area contributed by atoms with Crippen molar-refractivity contribution in [1.82, 2.24) is 8.75 Å². The van der Waals surface area contributed by atoms with Crippen LogP contribution in [0.4, 0.5) is 0 Å². The van der Waals surface area contributed by atoms with E-state index < -0.39 is 5.97 Å². The third-order valence-corrected chi connectivity index (χ3v) is 5.88. The van der Waals surface area contributed by atoms with Crippen molar-refractivity contribution in [3.8, 4) is 0 Å². The topological polar surface area (TPSA) is 83.0 Å². The third-order valence-electron chi connectivity index (χ3n) is 5.33. The molecule has 1 saturated carbocycles. The van der Waals surface area contributed by atoms with E-state index in [0.717, 1.165) is 37.4 Å². The molecule has 1 aromatic heterocycles. The Labute approximate surface area is 195 Å². The zero-order valence-electron chi connectivity index (χ0n) is 16.3. The molecule has 0 amide bonds. The molecule has 1 heterocycles. The molecular formula is C22H19N2NaO3S. The maximum Gasteiger partial charge on any atom is 1.00 e. The van der Waals surface area contributed by atoms with Crippen LogP contribution in [0.2, 0.25) is 0 Å². The van der Waals surface area contributed by atoms with E-state index in [1.807, 2.05) is 6.07 Å². The fourth-order valence-corrected chi connectivity index (χ4v) is 4.45. The van der Waals surface area contributed by atoms with E-state index in [1.165, 1.54) is 0 Å². The molecule has 0 N–H and O–H groups in total. The van der Waals surface area contributed by atoms with Gasteiger partial charge in [-0.3, -0.25) is 4.79 Å². The minimum absolute atomic E-state index is 0. The van der Waals surface area contributed by atoms with Crippen molar-refractivity contribution in [2.75, 3.05) is 0 Å². The maximum absolute atomic E-state index is 13.3. The van der Waals surface area contributed by atoms with Gasteiger partial charge in [-0.2, -0.15) is 8.75 Å². The van der Waals surface area contributed by atoms with Crippen LogP contribution in [-0.2, 0) is 4.79 Å². The molecule has 0 aliphatic heterocycles. The SMILES string of the molecule is O=C([O-])/C(=C(\CC1CCCC1)C(=O)c1ccccc1)c1ccc2nsnc2c1.[Na+]. The van der Waals surface area contributed by atoms with Crippen LogP contribution in [0.5, 0.6) is 0 Å². The number of carbonyl (C=O) groups excluding carboxylic acids is 2. The quantitative estimate of drug-likeness (QED) is 0.336. The van der Waals surface area contributed by atoms with E-state index in [1.54, 1.807) is 42.5 Å². The molecule has 0 bridgehead atoms. The van der Waals surface area contributed by atoms with Gasteiger partial charge < -0.3 is 9.90 Å². The number of carboxylic acid groups (broad SMARTS) is 1. The Balaban J connectivity index is 0.00000240. The molecule has 0 unspecified atom stereocenters. The largest absolute Gasteiger partial charge is 1.00 e. The maximum atomic E-state index is 13.3. The van der Waals surface area contributed by atoms with E-state index in [9.17, 15) is 14.7 Å². The fourth-order valence-electron chi connectivity index (χ4n) is 3.93. The Kier molecular flexibility index (Phi) is 7.35. The van der Waals surface area contributed by atoms with Crippen molar-refractivity contribution in [2.24, 2.45) is 5.92 Å². The number of hydrogen-bond acceptors (Lipinski definition) is 6. The molecule has 1 fully saturated rings. The zero-order valence-corrected chi connectivity index (χ0v) is 19.1. The molecule has 0 saturated heterocycles. The van der Waals surface area contributed by atoms with Crippen LogP contribution in [0.3, 0.4) is 0 Å². The predicted octanol–water partition coefficient (Wildman–Crippen LogP) is 0.662. The Hall–Kier alpha value is -1.86. The summed E-state index contributed by atoms with van der Waals surface area (Å²) in [7, 11) is 0. The minimum atomic E-state index is -1.33. The number of rotatable bonds is 6. The summed E-state index contributed by atoms with van der Waals surface area (Å²) in [6.45, 7) is 0. The van der Waals surface area contributed by atoms with E-state index in [4.69, 9.17) is 0 Å². The average molecular weight is 414 g/mol. The zero-order chi connectivity index (χ0) is 19.5. The second kappa shape index (κ2) is 9.76. The van der Waals surface area contributed by atoms with E-state index in [-0.39, 0.29) is 40.9 Å². The summed E-state index contributed by atoms with van der Waals surface area (Å²) in [5, 5.41) is 12.2. The van der Waals surface area contributed by atoms with E-state index >= 15 is 0 Å². The third kappa shape index (κ3) is 4.83. The molecule has 1 aliphatic carbocycles. The molecule has 5 nitrogen and oxygen atoms in total. The van der Waals surface area contributed by atoms with Crippen LogP contribution in [0, 0.1) is 5.92 Å². The van der Waals surface area contributed by atoms with Crippen molar-refractivity contribution in [3.63, 3.8) is 0 Å². The van der Waals surface area contributed by atoms with Gasteiger partial charge in [0.1, 0.15) is 11.0 Å². The smallest absolute Gasteiger partial charge is 0.545 e. The van der Waals surface area contributed by atoms with Gasteiger partial charge in [0.25, 0.3) is 0 Å². The van der Waals surface area contributed by atoms with Crippen molar-refractivity contribution in [3.05, 3.63) is 65.2 Å². The number of aliphatic carboxylic acids is 1. The van der Waals surface area contributed by atoms with Crippen molar-refractivity contribution >= 4 is 40.1 Å².